The molecule has 0 spiro atoms. The van der Waals surface area contributed by atoms with Crippen LogP contribution in [0.5, 0.6) is 11.5 Å². The number of pyridine rings is 1. The topological polar surface area (TPSA) is 72.0 Å². The fraction of sp³-hybridized carbons (Fsp3) is 0.560. The largest absolute Gasteiger partial charge is 0.493 e. The molecule has 0 aliphatic carbocycles. The van der Waals surface area contributed by atoms with Gasteiger partial charge < -0.3 is 14.4 Å². The lowest BCUT2D eigenvalue weighted by Gasteiger charge is -2.41. The molecule has 33 heavy (non-hydrogen) atoms. The van der Waals surface area contributed by atoms with Gasteiger partial charge in [-0.15, -0.1) is 0 Å². The Balaban J connectivity index is 1.28. The molecular weight excluding hydrogens is 438 g/mol. The van der Waals surface area contributed by atoms with Crippen molar-refractivity contribution in [2.24, 2.45) is 0 Å². The van der Waals surface area contributed by atoms with Gasteiger partial charge in [0.2, 0.25) is 10.0 Å². The average Bonchev–Trinajstić information content (AvgIpc) is 2.84. The molecule has 7 nitrogen and oxygen atoms in total. The van der Waals surface area contributed by atoms with Crippen LogP contribution in [0.15, 0.2) is 47.6 Å². The molecule has 0 amide bonds. The van der Waals surface area contributed by atoms with Gasteiger partial charge >= 0.3 is 0 Å². The van der Waals surface area contributed by atoms with Crippen LogP contribution in [0.25, 0.3) is 0 Å². The van der Waals surface area contributed by atoms with Crippen molar-refractivity contribution in [3.63, 3.8) is 0 Å². The number of piperidine rings is 2. The SMILES string of the molecule is CCCOc1ccc(S(=O)(=O)N2CCC(N3CCC(Oc4ccncc4)CC3)CC2)cc1C. The maximum atomic E-state index is 13.2. The predicted molar refractivity (Wildman–Crippen MR) is 128 cm³/mol. The van der Waals surface area contributed by atoms with E-state index in [1.165, 1.54) is 0 Å². The van der Waals surface area contributed by atoms with Gasteiger partial charge in [-0.25, -0.2) is 8.42 Å². The van der Waals surface area contributed by atoms with E-state index in [1.807, 2.05) is 19.1 Å². The van der Waals surface area contributed by atoms with Crippen molar-refractivity contribution < 1.29 is 17.9 Å². The lowest BCUT2D eigenvalue weighted by atomic mass is 10.00. The molecule has 2 aliphatic rings. The Kier molecular flexibility index (Phi) is 7.88. The molecular formula is C25H35N3O4S. The van der Waals surface area contributed by atoms with E-state index >= 15 is 0 Å². The normalized spacial score (nSPS) is 19.5. The maximum absolute atomic E-state index is 13.2. The first-order valence-corrected chi connectivity index (χ1v) is 13.5. The molecule has 3 heterocycles. The molecule has 0 atom stereocenters. The number of rotatable bonds is 8. The molecule has 0 radical (unpaired) electrons. The van der Waals surface area contributed by atoms with Gasteiger partial charge in [-0.1, -0.05) is 6.92 Å². The summed E-state index contributed by atoms with van der Waals surface area (Å²) < 4.78 is 39.8. The van der Waals surface area contributed by atoms with E-state index in [2.05, 4.69) is 16.8 Å². The third-order valence-electron chi connectivity index (χ3n) is 6.61. The summed E-state index contributed by atoms with van der Waals surface area (Å²) in [6, 6.07) is 9.42. The Morgan fingerprint density at radius 2 is 1.70 bits per heavy atom. The summed E-state index contributed by atoms with van der Waals surface area (Å²) in [5.41, 5.74) is 0.858. The van der Waals surface area contributed by atoms with Gasteiger partial charge in [0.15, 0.2) is 0 Å². The van der Waals surface area contributed by atoms with Gasteiger partial charge in [-0.3, -0.25) is 4.98 Å². The first-order valence-electron chi connectivity index (χ1n) is 12.0. The van der Waals surface area contributed by atoms with Crippen LogP contribution < -0.4 is 9.47 Å². The van der Waals surface area contributed by atoms with Crippen LogP contribution in [-0.4, -0.2) is 67.5 Å². The van der Waals surface area contributed by atoms with Gasteiger partial charge in [0.05, 0.1) is 11.5 Å². The Bertz CT molecular complexity index is 1000. The molecule has 2 saturated heterocycles. The van der Waals surface area contributed by atoms with Crippen molar-refractivity contribution in [1.29, 1.82) is 0 Å². The number of aromatic nitrogens is 1. The maximum Gasteiger partial charge on any atom is 0.243 e. The predicted octanol–water partition coefficient (Wildman–Crippen LogP) is 3.88. The number of nitrogens with zero attached hydrogens (tertiary/aromatic N) is 3. The van der Waals surface area contributed by atoms with Crippen molar-refractivity contribution in [2.45, 2.75) is 63.0 Å². The second-order valence-electron chi connectivity index (χ2n) is 8.95. The highest BCUT2D eigenvalue weighted by atomic mass is 32.2. The van der Waals surface area contributed by atoms with Crippen LogP contribution >= 0.6 is 0 Å². The number of likely N-dealkylation sites (tertiary alicyclic amines) is 1. The minimum atomic E-state index is -3.49. The molecule has 0 bridgehead atoms. The van der Waals surface area contributed by atoms with Gasteiger partial charge in [-0.05, 0) is 74.9 Å². The van der Waals surface area contributed by atoms with Gasteiger partial charge in [0, 0.05) is 44.6 Å². The third kappa shape index (κ3) is 5.86. The van der Waals surface area contributed by atoms with Crippen LogP contribution in [0, 0.1) is 6.92 Å². The minimum Gasteiger partial charge on any atom is -0.493 e. The van der Waals surface area contributed by atoms with Crippen LogP contribution in [0.4, 0.5) is 0 Å². The molecule has 1 aromatic heterocycles. The Morgan fingerprint density at radius 3 is 2.33 bits per heavy atom. The van der Waals surface area contributed by atoms with Crippen molar-refractivity contribution in [1.82, 2.24) is 14.2 Å². The van der Waals surface area contributed by atoms with Crippen LogP contribution in [-0.2, 0) is 10.0 Å². The number of hydrogen-bond acceptors (Lipinski definition) is 6. The van der Waals surface area contributed by atoms with Gasteiger partial charge in [-0.2, -0.15) is 4.31 Å². The molecule has 8 heteroatoms. The Labute approximate surface area is 197 Å². The fourth-order valence-corrected chi connectivity index (χ4v) is 6.28. The van der Waals surface area contributed by atoms with Crippen molar-refractivity contribution in [3.05, 3.63) is 48.3 Å². The molecule has 4 rings (SSSR count). The van der Waals surface area contributed by atoms with Crippen LogP contribution in [0.2, 0.25) is 0 Å². The fourth-order valence-electron chi connectivity index (χ4n) is 4.72. The van der Waals surface area contributed by atoms with Crippen molar-refractivity contribution in [3.8, 4) is 11.5 Å². The molecule has 0 saturated carbocycles. The number of ether oxygens (including phenoxy) is 2. The smallest absolute Gasteiger partial charge is 0.243 e. The lowest BCUT2D eigenvalue weighted by molar-refractivity contribution is 0.0585. The summed E-state index contributed by atoms with van der Waals surface area (Å²) >= 11 is 0. The first-order chi connectivity index (χ1) is 16.0. The second kappa shape index (κ2) is 10.8. The lowest BCUT2D eigenvalue weighted by Crippen LogP contribution is -2.50. The zero-order valence-corrected chi connectivity index (χ0v) is 20.5. The van der Waals surface area contributed by atoms with Gasteiger partial charge in [0.1, 0.15) is 17.6 Å². The molecule has 0 N–H and O–H groups in total. The molecule has 2 aliphatic heterocycles. The number of benzene rings is 1. The van der Waals surface area contributed by atoms with E-state index in [4.69, 9.17) is 9.47 Å². The highest BCUT2D eigenvalue weighted by Crippen LogP contribution is 2.28. The van der Waals surface area contributed by atoms with E-state index in [-0.39, 0.29) is 6.10 Å². The summed E-state index contributed by atoms with van der Waals surface area (Å²) in [6.07, 6.45) is 8.38. The number of aryl methyl sites for hydroxylation is 1. The first kappa shape index (κ1) is 24.0. The molecule has 0 unspecified atom stereocenters. The summed E-state index contributed by atoms with van der Waals surface area (Å²) in [5, 5.41) is 0. The second-order valence-corrected chi connectivity index (χ2v) is 10.9. The molecule has 2 aromatic rings. The average molecular weight is 474 g/mol. The van der Waals surface area contributed by atoms with E-state index in [1.54, 1.807) is 34.9 Å². The van der Waals surface area contributed by atoms with E-state index < -0.39 is 10.0 Å². The zero-order chi connectivity index (χ0) is 23.3. The Morgan fingerprint density at radius 1 is 1.00 bits per heavy atom. The Hall–Kier alpha value is -2.16. The van der Waals surface area contributed by atoms with E-state index in [0.717, 1.165) is 62.3 Å². The highest BCUT2D eigenvalue weighted by molar-refractivity contribution is 7.89. The highest BCUT2D eigenvalue weighted by Gasteiger charge is 2.33. The summed E-state index contributed by atoms with van der Waals surface area (Å²) in [4.78, 5) is 6.90. The summed E-state index contributed by atoms with van der Waals surface area (Å²) in [7, 11) is -3.49. The third-order valence-corrected chi connectivity index (χ3v) is 8.51. The van der Waals surface area contributed by atoms with E-state index in [0.29, 0.717) is 30.6 Å². The van der Waals surface area contributed by atoms with Crippen molar-refractivity contribution >= 4 is 10.0 Å². The monoisotopic (exact) mass is 473 g/mol. The van der Waals surface area contributed by atoms with Crippen LogP contribution in [0.1, 0.15) is 44.6 Å². The standard InChI is InChI=1S/C25H35N3O4S/c1-3-18-31-25-5-4-24(19-20(25)2)33(29,30)28-16-8-21(9-17-28)27-14-10-23(11-15-27)32-22-6-12-26-13-7-22/h4-7,12-13,19,21,23H,3,8-11,14-18H2,1-2H3. The molecule has 1 aromatic carbocycles. The van der Waals surface area contributed by atoms with Gasteiger partial charge in [0.25, 0.3) is 0 Å². The minimum absolute atomic E-state index is 0.233. The number of hydrogen-bond donors (Lipinski definition) is 0. The molecule has 180 valence electrons. The summed E-state index contributed by atoms with van der Waals surface area (Å²) in [5.74, 6) is 1.63. The molecule has 2 fully saturated rings. The zero-order valence-electron chi connectivity index (χ0n) is 19.7. The number of sulfonamides is 1. The van der Waals surface area contributed by atoms with E-state index in [9.17, 15) is 8.42 Å². The van der Waals surface area contributed by atoms with Crippen LogP contribution in [0.3, 0.4) is 0 Å². The van der Waals surface area contributed by atoms with Crippen molar-refractivity contribution in [2.75, 3.05) is 32.8 Å². The quantitative estimate of drug-likeness (QED) is 0.580. The summed E-state index contributed by atoms with van der Waals surface area (Å²) in [6.45, 7) is 7.70.